The molecule has 118 valence electrons. The van der Waals surface area contributed by atoms with Gasteiger partial charge in [0.05, 0.1) is 0 Å². The van der Waals surface area contributed by atoms with Crippen molar-refractivity contribution in [3.8, 4) is 0 Å². The smallest absolute Gasteiger partial charge is 0.267 e. The molecule has 0 radical (unpaired) electrons. The van der Waals surface area contributed by atoms with Crippen LogP contribution in [0.5, 0.6) is 0 Å². The fourth-order valence-electron chi connectivity index (χ4n) is 2.70. The molecule has 2 heterocycles. The van der Waals surface area contributed by atoms with Crippen LogP contribution in [-0.2, 0) is 13.5 Å². The number of aryl methyl sites for hydroxylation is 2. The number of pyridine rings is 1. The van der Waals surface area contributed by atoms with E-state index in [0.29, 0.717) is 18.7 Å². The van der Waals surface area contributed by atoms with Crippen LogP contribution in [0.25, 0.3) is 10.9 Å². The minimum absolute atomic E-state index is 0.111. The number of hydrogen-bond donors (Lipinski definition) is 2. The van der Waals surface area contributed by atoms with Crippen LogP contribution in [0.15, 0.2) is 47.3 Å². The monoisotopic (exact) mass is 309 g/mol. The van der Waals surface area contributed by atoms with Gasteiger partial charge in [0.15, 0.2) is 0 Å². The molecule has 23 heavy (non-hydrogen) atoms. The maximum Gasteiger partial charge on any atom is 0.267 e. The van der Waals surface area contributed by atoms with Crippen LogP contribution in [0, 0.1) is 6.92 Å². The number of aromatic nitrogens is 2. The Morgan fingerprint density at radius 1 is 1.22 bits per heavy atom. The molecule has 2 N–H and O–H groups in total. The molecule has 0 saturated heterocycles. The second kappa shape index (κ2) is 6.12. The van der Waals surface area contributed by atoms with Crippen molar-refractivity contribution in [3.05, 3.63) is 69.8 Å². The Morgan fingerprint density at radius 3 is 2.83 bits per heavy atom. The zero-order valence-corrected chi connectivity index (χ0v) is 13.2. The Bertz CT molecular complexity index is 921. The van der Waals surface area contributed by atoms with E-state index in [0.717, 1.165) is 16.6 Å². The quantitative estimate of drug-likeness (QED) is 0.775. The van der Waals surface area contributed by atoms with Gasteiger partial charge in [-0.05, 0) is 30.7 Å². The van der Waals surface area contributed by atoms with E-state index in [4.69, 9.17) is 0 Å². The fourth-order valence-corrected chi connectivity index (χ4v) is 2.70. The van der Waals surface area contributed by atoms with Crippen molar-refractivity contribution in [2.24, 2.45) is 7.05 Å². The highest BCUT2D eigenvalue weighted by atomic mass is 16.2. The molecule has 0 aliphatic heterocycles. The second-order valence-corrected chi connectivity index (χ2v) is 5.70. The van der Waals surface area contributed by atoms with E-state index < -0.39 is 0 Å². The standard InChI is InChI=1S/C18H19N3O2/c1-12-6-7-13-11-16(21(2)15(13)10-12)18(23)19-9-8-14-4-3-5-17(22)20-14/h3-7,10-11H,8-9H2,1-2H3,(H,19,23)(H,20,22). The Labute approximate surface area is 134 Å². The predicted molar refractivity (Wildman–Crippen MR) is 90.8 cm³/mol. The van der Waals surface area contributed by atoms with Crippen LogP contribution in [0.1, 0.15) is 21.7 Å². The van der Waals surface area contributed by atoms with E-state index in [-0.39, 0.29) is 11.5 Å². The van der Waals surface area contributed by atoms with Crippen molar-refractivity contribution in [2.45, 2.75) is 13.3 Å². The summed E-state index contributed by atoms with van der Waals surface area (Å²) in [6.45, 7) is 2.51. The fraction of sp³-hybridized carbons (Fsp3) is 0.222. The molecular weight excluding hydrogens is 290 g/mol. The number of aromatic amines is 1. The van der Waals surface area contributed by atoms with Crippen LogP contribution in [-0.4, -0.2) is 22.0 Å². The first-order chi connectivity index (χ1) is 11.0. The largest absolute Gasteiger partial charge is 0.350 e. The molecule has 0 aliphatic carbocycles. The molecule has 0 atom stereocenters. The van der Waals surface area contributed by atoms with Gasteiger partial charge in [0.2, 0.25) is 5.56 Å². The molecule has 0 spiro atoms. The normalized spacial score (nSPS) is 10.9. The SMILES string of the molecule is Cc1ccc2cc(C(=O)NCCc3cccc(=O)[nH]3)n(C)c2c1. The van der Waals surface area contributed by atoms with Crippen molar-refractivity contribution in [1.29, 1.82) is 0 Å². The predicted octanol–water partition coefficient (Wildman–Crippen LogP) is 2.15. The highest BCUT2D eigenvalue weighted by Crippen LogP contribution is 2.20. The van der Waals surface area contributed by atoms with Gasteiger partial charge < -0.3 is 14.9 Å². The highest BCUT2D eigenvalue weighted by molar-refractivity contribution is 5.98. The molecule has 1 amide bonds. The van der Waals surface area contributed by atoms with Gasteiger partial charge in [0, 0.05) is 42.7 Å². The molecule has 2 aromatic heterocycles. The van der Waals surface area contributed by atoms with E-state index in [1.807, 2.05) is 42.8 Å². The van der Waals surface area contributed by atoms with Crippen molar-refractivity contribution < 1.29 is 4.79 Å². The average Bonchev–Trinajstić information content (AvgIpc) is 2.84. The number of fused-ring (bicyclic) bond motifs is 1. The van der Waals surface area contributed by atoms with E-state index in [1.165, 1.54) is 11.6 Å². The van der Waals surface area contributed by atoms with Gasteiger partial charge in [-0.2, -0.15) is 0 Å². The summed E-state index contributed by atoms with van der Waals surface area (Å²) >= 11 is 0. The molecule has 0 bridgehead atoms. The maximum absolute atomic E-state index is 12.4. The molecule has 0 saturated carbocycles. The number of amides is 1. The van der Waals surface area contributed by atoms with Crippen LogP contribution in [0.4, 0.5) is 0 Å². The van der Waals surface area contributed by atoms with Crippen molar-refractivity contribution in [3.63, 3.8) is 0 Å². The molecule has 3 aromatic rings. The van der Waals surface area contributed by atoms with Gasteiger partial charge in [-0.25, -0.2) is 0 Å². The molecule has 0 unspecified atom stereocenters. The van der Waals surface area contributed by atoms with Crippen molar-refractivity contribution in [1.82, 2.24) is 14.9 Å². The van der Waals surface area contributed by atoms with Crippen LogP contribution in [0.2, 0.25) is 0 Å². The van der Waals surface area contributed by atoms with Gasteiger partial charge in [-0.3, -0.25) is 9.59 Å². The Hall–Kier alpha value is -2.82. The lowest BCUT2D eigenvalue weighted by Gasteiger charge is -2.07. The lowest BCUT2D eigenvalue weighted by atomic mass is 10.2. The Kier molecular flexibility index (Phi) is 4.02. The van der Waals surface area contributed by atoms with E-state index in [9.17, 15) is 9.59 Å². The summed E-state index contributed by atoms with van der Waals surface area (Å²) in [5, 5.41) is 3.95. The van der Waals surface area contributed by atoms with Crippen LogP contribution >= 0.6 is 0 Å². The lowest BCUT2D eigenvalue weighted by Crippen LogP contribution is -2.27. The first-order valence-electron chi connectivity index (χ1n) is 7.57. The zero-order valence-electron chi connectivity index (χ0n) is 13.2. The van der Waals surface area contributed by atoms with Gasteiger partial charge in [0.25, 0.3) is 5.91 Å². The van der Waals surface area contributed by atoms with Crippen LogP contribution in [0.3, 0.4) is 0 Å². The van der Waals surface area contributed by atoms with Crippen molar-refractivity contribution in [2.75, 3.05) is 6.54 Å². The summed E-state index contributed by atoms with van der Waals surface area (Å²) in [5.74, 6) is -0.111. The number of rotatable bonds is 4. The lowest BCUT2D eigenvalue weighted by molar-refractivity contribution is 0.0946. The summed E-state index contributed by atoms with van der Waals surface area (Å²) < 4.78 is 1.90. The van der Waals surface area contributed by atoms with Crippen molar-refractivity contribution >= 4 is 16.8 Å². The molecule has 0 aliphatic rings. The molecule has 1 aromatic carbocycles. The summed E-state index contributed by atoms with van der Waals surface area (Å²) in [4.78, 5) is 26.4. The number of nitrogens with one attached hydrogen (secondary N) is 2. The summed E-state index contributed by atoms with van der Waals surface area (Å²) in [7, 11) is 1.89. The van der Waals surface area contributed by atoms with E-state index >= 15 is 0 Å². The number of hydrogen-bond acceptors (Lipinski definition) is 2. The minimum Gasteiger partial charge on any atom is -0.350 e. The minimum atomic E-state index is -0.127. The third kappa shape index (κ3) is 3.18. The third-order valence-corrected chi connectivity index (χ3v) is 3.94. The van der Waals surface area contributed by atoms with E-state index in [1.54, 1.807) is 6.07 Å². The van der Waals surface area contributed by atoms with E-state index in [2.05, 4.69) is 16.4 Å². The highest BCUT2D eigenvalue weighted by Gasteiger charge is 2.12. The number of carbonyl (C=O) groups excluding carboxylic acids is 1. The Morgan fingerprint density at radius 2 is 2.04 bits per heavy atom. The first-order valence-corrected chi connectivity index (χ1v) is 7.57. The number of carbonyl (C=O) groups is 1. The molecular formula is C18H19N3O2. The number of nitrogens with zero attached hydrogens (tertiary/aromatic N) is 1. The molecule has 0 fully saturated rings. The van der Waals surface area contributed by atoms with Gasteiger partial charge >= 0.3 is 0 Å². The molecule has 3 rings (SSSR count). The topological polar surface area (TPSA) is 66.9 Å². The van der Waals surface area contributed by atoms with Crippen LogP contribution < -0.4 is 10.9 Å². The average molecular weight is 309 g/mol. The molecule has 5 nitrogen and oxygen atoms in total. The summed E-state index contributed by atoms with van der Waals surface area (Å²) in [6, 6.07) is 13.1. The summed E-state index contributed by atoms with van der Waals surface area (Å²) in [5.41, 5.74) is 3.52. The summed E-state index contributed by atoms with van der Waals surface area (Å²) in [6.07, 6.45) is 0.588. The number of H-pyrrole nitrogens is 1. The van der Waals surface area contributed by atoms with Gasteiger partial charge in [-0.1, -0.05) is 18.2 Å². The van der Waals surface area contributed by atoms with Gasteiger partial charge in [0.1, 0.15) is 5.69 Å². The third-order valence-electron chi connectivity index (χ3n) is 3.94. The zero-order chi connectivity index (χ0) is 16.4. The second-order valence-electron chi connectivity index (χ2n) is 5.70. The Balaban J connectivity index is 1.71. The first kappa shape index (κ1) is 15.1. The maximum atomic E-state index is 12.4. The molecule has 5 heteroatoms. The van der Waals surface area contributed by atoms with Gasteiger partial charge in [-0.15, -0.1) is 0 Å². The number of benzene rings is 1.